The van der Waals surface area contributed by atoms with Crippen LogP contribution in [0.15, 0.2) is 72.8 Å². The van der Waals surface area contributed by atoms with Crippen molar-refractivity contribution >= 4 is 0 Å². The van der Waals surface area contributed by atoms with E-state index >= 15 is 0 Å². The van der Waals surface area contributed by atoms with Crippen LogP contribution in [-0.4, -0.2) is 15.3 Å². The van der Waals surface area contributed by atoms with Crippen LogP contribution in [0.4, 0.5) is 0 Å². The number of benzene rings is 3. The van der Waals surface area contributed by atoms with E-state index in [4.69, 9.17) is 5.11 Å². The molecule has 0 aliphatic heterocycles. The Morgan fingerprint density at radius 1 is 0.586 bits per heavy atom. The van der Waals surface area contributed by atoms with E-state index in [0.717, 1.165) is 19.3 Å². The number of phenols is 3. The fraction of sp³-hybridized carbons (Fsp3) is 0.308. The highest BCUT2D eigenvalue weighted by molar-refractivity contribution is 5.37. The van der Waals surface area contributed by atoms with Gasteiger partial charge < -0.3 is 15.3 Å². The lowest BCUT2D eigenvalue weighted by molar-refractivity contribution is 0.474. The van der Waals surface area contributed by atoms with Gasteiger partial charge in [-0.25, -0.2) is 0 Å². The Morgan fingerprint density at radius 2 is 1.00 bits per heavy atom. The lowest BCUT2D eigenvalue weighted by Gasteiger charge is -2.17. The van der Waals surface area contributed by atoms with Crippen LogP contribution in [0.5, 0.6) is 17.2 Å². The minimum atomic E-state index is 0.291. The molecule has 0 amide bonds. The minimum absolute atomic E-state index is 0.291. The fourth-order valence-electron chi connectivity index (χ4n) is 3.27. The largest absolute Gasteiger partial charge is 0.508 e. The third-order valence-electron chi connectivity index (χ3n) is 4.92. The maximum absolute atomic E-state index is 9.34. The highest BCUT2D eigenvalue weighted by Gasteiger charge is 2.13. The van der Waals surface area contributed by atoms with Crippen molar-refractivity contribution in [1.82, 2.24) is 0 Å². The third-order valence-corrected chi connectivity index (χ3v) is 4.92. The van der Waals surface area contributed by atoms with Crippen molar-refractivity contribution in [1.29, 1.82) is 0 Å². The summed E-state index contributed by atoms with van der Waals surface area (Å²) in [5.41, 5.74) is 3.70. The lowest BCUT2D eigenvalue weighted by atomic mass is 9.87. The first-order valence-electron chi connectivity index (χ1n) is 10.4. The Kier molecular flexibility index (Phi) is 9.10. The number of rotatable bonds is 7. The van der Waals surface area contributed by atoms with E-state index in [0.29, 0.717) is 23.2 Å². The molecule has 3 aromatic rings. The van der Waals surface area contributed by atoms with Crippen molar-refractivity contribution in [2.24, 2.45) is 0 Å². The second kappa shape index (κ2) is 11.8. The van der Waals surface area contributed by atoms with Crippen molar-refractivity contribution in [2.75, 3.05) is 0 Å². The Balaban J connectivity index is 0.000000234. The summed E-state index contributed by atoms with van der Waals surface area (Å²) in [5, 5.41) is 27.7. The molecule has 3 nitrogen and oxygen atoms in total. The zero-order chi connectivity index (χ0) is 21.1. The Hall–Kier alpha value is -2.94. The third kappa shape index (κ3) is 7.53. The average Bonchev–Trinajstić information content (AvgIpc) is 2.74. The molecular weight excluding hydrogens is 360 g/mol. The molecular formula is C26H32O3. The number of unbranched alkanes of at least 4 members (excludes halogenated alkanes) is 1. The molecule has 3 heteroatoms. The smallest absolute Gasteiger partial charge is 0.115 e. The van der Waals surface area contributed by atoms with Gasteiger partial charge in [0.25, 0.3) is 0 Å². The van der Waals surface area contributed by atoms with E-state index in [9.17, 15) is 10.2 Å². The number of aromatic hydroxyl groups is 3. The highest BCUT2D eigenvalue weighted by Crippen LogP contribution is 2.31. The molecule has 0 aliphatic carbocycles. The predicted octanol–water partition coefficient (Wildman–Crippen LogP) is 6.76. The van der Waals surface area contributed by atoms with E-state index in [2.05, 4.69) is 13.8 Å². The molecule has 0 spiro atoms. The molecule has 0 atom stereocenters. The van der Waals surface area contributed by atoms with Crippen molar-refractivity contribution in [2.45, 2.75) is 51.9 Å². The van der Waals surface area contributed by atoms with E-state index in [1.807, 2.05) is 36.4 Å². The van der Waals surface area contributed by atoms with Gasteiger partial charge in [-0.15, -0.1) is 0 Å². The van der Waals surface area contributed by atoms with Gasteiger partial charge in [0.05, 0.1) is 0 Å². The van der Waals surface area contributed by atoms with Crippen LogP contribution < -0.4 is 0 Å². The molecule has 29 heavy (non-hydrogen) atoms. The standard InChI is InChI=1S/C16H18O2.C10H14O/c1-2-3-16(12-4-8-14(17)9-5-12)13-6-10-15(18)11-7-13;1-2-3-4-9-5-7-10(11)8-6-9/h4-11,16-18H,2-3H2,1H3;5-8,11H,2-4H2,1H3. The van der Waals surface area contributed by atoms with Gasteiger partial charge in [-0.3, -0.25) is 0 Å². The van der Waals surface area contributed by atoms with Gasteiger partial charge >= 0.3 is 0 Å². The van der Waals surface area contributed by atoms with Crippen LogP contribution in [0.3, 0.4) is 0 Å². The molecule has 0 aliphatic rings. The maximum atomic E-state index is 9.34. The highest BCUT2D eigenvalue weighted by atomic mass is 16.3. The van der Waals surface area contributed by atoms with Gasteiger partial charge in [0.1, 0.15) is 17.2 Å². The first kappa shape index (κ1) is 22.4. The van der Waals surface area contributed by atoms with Crippen molar-refractivity contribution in [3.8, 4) is 17.2 Å². The first-order valence-corrected chi connectivity index (χ1v) is 10.4. The summed E-state index contributed by atoms with van der Waals surface area (Å²) in [6.07, 6.45) is 5.71. The Labute approximate surface area is 174 Å². The number of phenolic OH excluding ortho intramolecular Hbond substituents is 3. The lowest BCUT2D eigenvalue weighted by Crippen LogP contribution is -2.00. The van der Waals surface area contributed by atoms with E-state index < -0.39 is 0 Å². The molecule has 0 saturated heterocycles. The number of aryl methyl sites for hydroxylation is 1. The van der Waals surface area contributed by atoms with Crippen LogP contribution in [0.1, 0.15) is 62.1 Å². The van der Waals surface area contributed by atoms with E-state index in [1.54, 1.807) is 36.4 Å². The molecule has 3 rings (SSSR count). The van der Waals surface area contributed by atoms with Gasteiger partial charge in [-0.05, 0) is 72.4 Å². The van der Waals surface area contributed by atoms with Crippen LogP contribution in [0, 0.1) is 0 Å². The molecule has 154 valence electrons. The second-order valence-corrected chi connectivity index (χ2v) is 7.29. The van der Waals surface area contributed by atoms with Gasteiger partial charge in [-0.1, -0.05) is 63.1 Å². The summed E-state index contributed by atoms with van der Waals surface area (Å²) in [4.78, 5) is 0. The van der Waals surface area contributed by atoms with Crippen LogP contribution in [0.25, 0.3) is 0 Å². The predicted molar refractivity (Wildman–Crippen MR) is 120 cm³/mol. The van der Waals surface area contributed by atoms with Crippen molar-refractivity contribution < 1.29 is 15.3 Å². The Bertz CT molecular complexity index is 776. The normalized spacial score (nSPS) is 10.4. The minimum Gasteiger partial charge on any atom is -0.508 e. The molecule has 0 saturated carbocycles. The van der Waals surface area contributed by atoms with Gasteiger partial charge in [0.15, 0.2) is 0 Å². The molecule has 0 unspecified atom stereocenters. The fourth-order valence-corrected chi connectivity index (χ4v) is 3.27. The quantitative estimate of drug-likeness (QED) is 0.416. The van der Waals surface area contributed by atoms with Gasteiger partial charge in [0, 0.05) is 5.92 Å². The van der Waals surface area contributed by atoms with Gasteiger partial charge in [0.2, 0.25) is 0 Å². The molecule has 0 heterocycles. The number of hydrogen-bond donors (Lipinski definition) is 3. The van der Waals surface area contributed by atoms with Crippen molar-refractivity contribution in [3.05, 3.63) is 89.5 Å². The van der Waals surface area contributed by atoms with Crippen LogP contribution in [0.2, 0.25) is 0 Å². The van der Waals surface area contributed by atoms with Gasteiger partial charge in [-0.2, -0.15) is 0 Å². The molecule has 0 bridgehead atoms. The summed E-state index contributed by atoms with van der Waals surface area (Å²) < 4.78 is 0. The average molecular weight is 393 g/mol. The maximum Gasteiger partial charge on any atom is 0.115 e. The first-order chi connectivity index (χ1) is 14.0. The molecule has 0 aromatic heterocycles. The molecule has 3 aromatic carbocycles. The summed E-state index contributed by atoms with van der Waals surface area (Å²) in [6, 6.07) is 22.2. The molecule has 0 radical (unpaired) electrons. The second-order valence-electron chi connectivity index (χ2n) is 7.29. The summed E-state index contributed by atoms with van der Waals surface area (Å²) >= 11 is 0. The molecule has 3 N–H and O–H groups in total. The van der Waals surface area contributed by atoms with E-state index in [1.165, 1.54) is 29.5 Å². The molecule has 0 fully saturated rings. The summed E-state index contributed by atoms with van der Waals surface area (Å²) in [7, 11) is 0. The zero-order valence-electron chi connectivity index (χ0n) is 17.4. The van der Waals surface area contributed by atoms with Crippen molar-refractivity contribution in [3.63, 3.8) is 0 Å². The summed E-state index contributed by atoms with van der Waals surface area (Å²) in [5.74, 6) is 1.25. The van der Waals surface area contributed by atoms with Crippen LogP contribution >= 0.6 is 0 Å². The summed E-state index contributed by atoms with van der Waals surface area (Å²) in [6.45, 7) is 4.34. The zero-order valence-corrected chi connectivity index (χ0v) is 17.4. The van der Waals surface area contributed by atoms with E-state index in [-0.39, 0.29) is 0 Å². The monoisotopic (exact) mass is 392 g/mol. The number of hydrogen-bond acceptors (Lipinski definition) is 3. The topological polar surface area (TPSA) is 60.7 Å². The van der Waals surface area contributed by atoms with Crippen LogP contribution in [-0.2, 0) is 6.42 Å². The Morgan fingerprint density at radius 3 is 1.38 bits per heavy atom. The SMILES string of the molecule is CCCC(c1ccc(O)cc1)c1ccc(O)cc1.CCCCc1ccc(O)cc1.